The van der Waals surface area contributed by atoms with Crippen molar-refractivity contribution in [3.05, 3.63) is 82.2 Å². The number of thiophene rings is 1. The molecule has 2 aromatic carbocycles. The Morgan fingerprint density at radius 3 is 2.81 bits per heavy atom. The number of benzene rings is 2. The SMILES string of the molecule is CSc1cccc(NC(=O)N2c3ccccc3NC3=C(C(=O)CCC3)[C@H]2c2cccs2)c1. The van der Waals surface area contributed by atoms with Gasteiger partial charge in [-0.1, -0.05) is 24.3 Å². The molecule has 3 aromatic rings. The Hall–Kier alpha value is -3.03. The molecule has 0 spiro atoms. The van der Waals surface area contributed by atoms with Crippen LogP contribution in [0.3, 0.4) is 0 Å². The van der Waals surface area contributed by atoms with Crippen LogP contribution in [-0.2, 0) is 4.79 Å². The Balaban J connectivity index is 1.65. The quantitative estimate of drug-likeness (QED) is 0.427. The van der Waals surface area contributed by atoms with Crippen LogP contribution >= 0.6 is 23.1 Å². The van der Waals surface area contributed by atoms with E-state index in [-0.39, 0.29) is 11.8 Å². The van der Waals surface area contributed by atoms with Crippen molar-refractivity contribution in [2.24, 2.45) is 0 Å². The minimum atomic E-state index is -0.474. The summed E-state index contributed by atoms with van der Waals surface area (Å²) in [4.78, 5) is 30.8. The van der Waals surface area contributed by atoms with Crippen molar-refractivity contribution in [3.8, 4) is 0 Å². The number of anilines is 3. The van der Waals surface area contributed by atoms with Gasteiger partial charge >= 0.3 is 6.03 Å². The van der Waals surface area contributed by atoms with Gasteiger partial charge < -0.3 is 10.6 Å². The number of amides is 2. The van der Waals surface area contributed by atoms with E-state index in [9.17, 15) is 9.59 Å². The van der Waals surface area contributed by atoms with Crippen LogP contribution in [0.2, 0.25) is 0 Å². The average molecular weight is 462 g/mol. The van der Waals surface area contributed by atoms with Crippen molar-refractivity contribution in [2.45, 2.75) is 30.2 Å². The molecule has 32 heavy (non-hydrogen) atoms. The number of thioether (sulfide) groups is 1. The monoisotopic (exact) mass is 461 g/mol. The van der Waals surface area contributed by atoms with Crippen LogP contribution in [0.4, 0.5) is 21.9 Å². The third kappa shape index (κ3) is 3.82. The summed E-state index contributed by atoms with van der Waals surface area (Å²) in [6.07, 6.45) is 4.12. The van der Waals surface area contributed by atoms with Crippen LogP contribution in [0, 0.1) is 0 Å². The highest BCUT2D eigenvalue weighted by atomic mass is 32.2. The van der Waals surface area contributed by atoms with Crippen LogP contribution in [0.15, 0.2) is 82.2 Å². The molecule has 0 radical (unpaired) electrons. The van der Waals surface area contributed by atoms with E-state index in [1.54, 1.807) is 28.0 Å². The topological polar surface area (TPSA) is 61.4 Å². The minimum Gasteiger partial charge on any atom is -0.357 e. The maximum atomic E-state index is 13.8. The number of Topliss-reactive ketones (excluding diaryl/α,β-unsaturated/α-hetero) is 1. The number of urea groups is 1. The molecule has 1 aliphatic carbocycles. The molecule has 0 bridgehead atoms. The van der Waals surface area contributed by atoms with Crippen molar-refractivity contribution in [1.82, 2.24) is 0 Å². The summed E-state index contributed by atoms with van der Waals surface area (Å²) in [5, 5.41) is 8.55. The van der Waals surface area contributed by atoms with Gasteiger partial charge in [-0.15, -0.1) is 23.1 Å². The largest absolute Gasteiger partial charge is 0.357 e. The zero-order chi connectivity index (χ0) is 22.1. The normalized spacial score (nSPS) is 17.8. The number of carbonyl (C=O) groups is 2. The van der Waals surface area contributed by atoms with Crippen LogP contribution < -0.4 is 15.5 Å². The van der Waals surface area contributed by atoms with E-state index in [1.807, 2.05) is 72.3 Å². The Bertz CT molecular complexity index is 1200. The molecule has 0 fully saturated rings. The number of nitrogens with one attached hydrogen (secondary N) is 2. The molecular weight excluding hydrogens is 438 g/mol. The van der Waals surface area contributed by atoms with Gasteiger partial charge in [-0.3, -0.25) is 9.69 Å². The fraction of sp³-hybridized carbons (Fsp3) is 0.200. The lowest BCUT2D eigenvalue weighted by Gasteiger charge is -2.33. The van der Waals surface area contributed by atoms with Crippen LogP contribution in [0.5, 0.6) is 0 Å². The second-order valence-corrected chi connectivity index (χ2v) is 9.62. The van der Waals surface area contributed by atoms with Crippen molar-refractivity contribution < 1.29 is 9.59 Å². The Morgan fingerprint density at radius 1 is 1.12 bits per heavy atom. The first-order valence-electron chi connectivity index (χ1n) is 10.6. The van der Waals surface area contributed by atoms with E-state index < -0.39 is 6.04 Å². The van der Waals surface area contributed by atoms with Gasteiger partial charge in [0.1, 0.15) is 6.04 Å². The first kappa shape index (κ1) is 20.8. The molecule has 2 heterocycles. The van der Waals surface area contributed by atoms with Gasteiger partial charge in [-0.25, -0.2) is 4.79 Å². The van der Waals surface area contributed by atoms with Crippen LogP contribution in [-0.4, -0.2) is 18.1 Å². The van der Waals surface area contributed by atoms with E-state index in [2.05, 4.69) is 10.6 Å². The molecule has 1 atom stereocenters. The maximum absolute atomic E-state index is 13.8. The zero-order valence-electron chi connectivity index (χ0n) is 17.6. The van der Waals surface area contributed by atoms with Crippen molar-refractivity contribution in [1.29, 1.82) is 0 Å². The lowest BCUT2D eigenvalue weighted by atomic mass is 9.88. The first-order valence-corrected chi connectivity index (χ1v) is 12.7. The molecule has 0 saturated heterocycles. The molecule has 7 heteroatoms. The Morgan fingerprint density at radius 2 is 2.00 bits per heavy atom. The molecule has 5 rings (SSSR count). The summed E-state index contributed by atoms with van der Waals surface area (Å²) >= 11 is 3.19. The number of ketones is 1. The molecule has 2 N–H and O–H groups in total. The highest BCUT2D eigenvalue weighted by Crippen LogP contribution is 2.46. The lowest BCUT2D eigenvalue weighted by Crippen LogP contribution is -2.40. The third-order valence-corrected chi connectivity index (χ3v) is 7.44. The van der Waals surface area contributed by atoms with Gasteiger partial charge in [0.25, 0.3) is 0 Å². The van der Waals surface area contributed by atoms with Gasteiger partial charge in [0, 0.05) is 33.2 Å². The van der Waals surface area contributed by atoms with Crippen LogP contribution in [0.25, 0.3) is 0 Å². The van der Waals surface area contributed by atoms with Gasteiger partial charge in [0.2, 0.25) is 0 Å². The van der Waals surface area contributed by atoms with E-state index in [4.69, 9.17) is 0 Å². The van der Waals surface area contributed by atoms with E-state index in [1.165, 1.54) is 0 Å². The number of nitrogens with zero attached hydrogens (tertiary/aromatic N) is 1. The van der Waals surface area contributed by atoms with Gasteiger partial charge in [-0.05, 0) is 60.9 Å². The van der Waals surface area contributed by atoms with Crippen molar-refractivity contribution in [3.63, 3.8) is 0 Å². The van der Waals surface area contributed by atoms with Crippen LogP contribution in [0.1, 0.15) is 30.2 Å². The predicted molar refractivity (Wildman–Crippen MR) is 133 cm³/mol. The molecule has 1 aliphatic heterocycles. The fourth-order valence-corrected chi connectivity index (χ4v) is 5.64. The van der Waals surface area contributed by atoms with Gasteiger partial charge in [0.15, 0.2) is 5.78 Å². The van der Waals surface area contributed by atoms with Gasteiger partial charge in [0.05, 0.1) is 11.4 Å². The summed E-state index contributed by atoms with van der Waals surface area (Å²) in [5.41, 5.74) is 3.94. The standard InChI is InChI=1S/C25H23N3O2S2/c1-31-17-8-4-7-16(15-17)26-25(30)28-20-11-3-2-9-18(20)27-19-10-5-12-21(29)23(19)24(28)22-13-6-14-32-22/h2-4,6-9,11,13-15,24,27H,5,10,12H2,1H3,(H,26,30)/t24-/m1/s1. The fourth-order valence-electron chi connectivity index (χ4n) is 4.36. The number of allylic oxidation sites excluding steroid dienone is 1. The molecular formula is C25H23N3O2S2. The number of carbonyl (C=O) groups excluding carboxylic acids is 2. The predicted octanol–water partition coefficient (Wildman–Crippen LogP) is 6.68. The van der Waals surface area contributed by atoms with Gasteiger partial charge in [-0.2, -0.15) is 0 Å². The molecule has 0 saturated carbocycles. The molecule has 1 aromatic heterocycles. The molecule has 2 amide bonds. The molecule has 162 valence electrons. The van der Waals surface area contributed by atoms with Crippen molar-refractivity contribution >= 4 is 52.0 Å². The highest BCUT2D eigenvalue weighted by molar-refractivity contribution is 7.98. The maximum Gasteiger partial charge on any atom is 0.327 e. The number of hydrogen-bond acceptors (Lipinski definition) is 5. The second kappa shape index (κ2) is 8.84. The smallest absolute Gasteiger partial charge is 0.327 e. The first-order chi connectivity index (χ1) is 15.7. The zero-order valence-corrected chi connectivity index (χ0v) is 19.3. The van der Waals surface area contributed by atoms with E-state index in [0.29, 0.717) is 12.0 Å². The molecule has 2 aliphatic rings. The summed E-state index contributed by atoms with van der Waals surface area (Å²) < 4.78 is 0. The number of rotatable bonds is 3. The summed E-state index contributed by atoms with van der Waals surface area (Å²) in [6, 6.07) is 18.8. The molecule has 0 unspecified atom stereocenters. The Kier molecular flexibility index (Phi) is 5.76. The summed E-state index contributed by atoms with van der Waals surface area (Å²) in [5.74, 6) is 0.104. The molecule has 5 nitrogen and oxygen atoms in total. The summed E-state index contributed by atoms with van der Waals surface area (Å²) in [7, 11) is 0. The third-order valence-electron chi connectivity index (χ3n) is 5.79. The number of fused-ring (bicyclic) bond motifs is 1. The number of hydrogen-bond donors (Lipinski definition) is 2. The number of para-hydroxylation sites is 2. The summed E-state index contributed by atoms with van der Waals surface area (Å²) in [6.45, 7) is 0. The average Bonchev–Trinajstić information content (AvgIpc) is 3.28. The highest BCUT2D eigenvalue weighted by Gasteiger charge is 2.40. The van der Waals surface area contributed by atoms with E-state index >= 15 is 0 Å². The Labute approximate surface area is 195 Å². The van der Waals surface area contributed by atoms with E-state index in [0.717, 1.165) is 45.4 Å². The minimum absolute atomic E-state index is 0.104. The lowest BCUT2D eigenvalue weighted by molar-refractivity contribution is -0.116. The second-order valence-electron chi connectivity index (χ2n) is 7.76. The van der Waals surface area contributed by atoms with Crippen molar-refractivity contribution in [2.75, 3.05) is 21.8 Å².